The summed E-state index contributed by atoms with van der Waals surface area (Å²) in [6.07, 6.45) is 5.13. The Morgan fingerprint density at radius 1 is 1.25 bits per heavy atom. The largest absolute Gasteiger partial charge is 0.414 e. The van der Waals surface area contributed by atoms with E-state index >= 15 is 0 Å². The van der Waals surface area contributed by atoms with Crippen LogP contribution < -0.4 is 0 Å². The van der Waals surface area contributed by atoms with Crippen molar-refractivity contribution < 1.29 is 4.43 Å². The Kier molecular flexibility index (Phi) is 6.11. The minimum absolute atomic E-state index is 0.278. The highest BCUT2D eigenvalue weighted by atomic mass is 28.4. The molecule has 1 aliphatic rings. The average Bonchev–Trinajstić information content (AvgIpc) is 2.35. The molecule has 0 saturated heterocycles. The average molecular weight is 298 g/mol. The van der Waals surface area contributed by atoms with Crippen molar-refractivity contribution in [1.82, 2.24) is 0 Å². The lowest BCUT2D eigenvalue weighted by Gasteiger charge is -2.41. The molecule has 0 aromatic heterocycles. The molecule has 0 aromatic rings. The highest BCUT2D eigenvalue weighted by molar-refractivity contribution is 6.74. The molecule has 116 valence electrons. The molecule has 0 aromatic carbocycles. The Bertz CT molecular complexity index is 351. The van der Waals surface area contributed by atoms with Gasteiger partial charge in [0.05, 0.1) is 0 Å². The van der Waals surface area contributed by atoms with Crippen molar-refractivity contribution in [3.05, 3.63) is 10.4 Å². The molecule has 0 spiro atoms. The van der Waals surface area contributed by atoms with E-state index in [1.165, 1.54) is 25.7 Å². The van der Waals surface area contributed by atoms with Crippen molar-refractivity contribution in [2.24, 2.45) is 17.0 Å². The zero-order valence-corrected chi connectivity index (χ0v) is 15.0. The predicted molar refractivity (Wildman–Crippen MR) is 87.2 cm³/mol. The van der Waals surface area contributed by atoms with Crippen LogP contribution in [0.15, 0.2) is 5.11 Å². The molecule has 0 amide bonds. The van der Waals surface area contributed by atoms with Crippen molar-refractivity contribution in [3.8, 4) is 0 Å². The Hall–Kier alpha value is -0.513. The van der Waals surface area contributed by atoms with Crippen molar-refractivity contribution >= 4 is 8.32 Å². The molecule has 1 atom stereocenters. The van der Waals surface area contributed by atoms with E-state index < -0.39 is 8.32 Å². The molecule has 0 aliphatic heterocycles. The van der Waals surface area contributed by atoms with Crippen LogP contribution in [0.4, 0.5) is 0 Å². The smallest absolute Gasteiger partial charge is 0.192 e. The zero-order valence-electron chi connectivity index (χ0n) is 14.0. The van der Waals surface area contributed by atoms with Gasteiger partial charge in [0.2, 0.25) is 0 Å². The molecule has 20 heavy (non-hydrogen) atoms. The first-order valence-electron chi connectivity index (χ1n) is 7.86. The summed E-state index contributed by atoms with van der Waals surface area (Å²) in [5, 5.41) is 3.99. The Balaban J connectivity index is 2.47. The Labute approximate surface area is 125 Å². The molecule has 1 saturated carbocycles. The molecule has 1 unspecified atom stereocenters. The van der Waals surface area contributed by atoms with Crippen LogP contribution in [0.3, 0.4) is 0 Å². The summed E-state index contributed by atoms with van der Waals surface area (Å²) in [6.45, 7) is 14.5. The van der Waals surface area contributed by atoms with Crippen molar-refractivity contribution in [1.29, 1.82) is 0 Å². The molecule has 0 bridgehead atoms. The van der Waals surface area contributed by atoms with Crippen LogP contribution in [-0.4, -0.2) is 21.0 Å². The van der Waals surface area contributed by atoms with Gasteiger partial charge in [0.1, 0.15) is 0 Å². The van der Waals surface area contributed by atoms with Gasteiger partial charge in [0, 0.05) is 17.6 Å². The van der Waals surface area contributed by atoms with E-state index in [0.717, 1.165) is 0 Å². The summed E-state index contributed by atoms with van der Waals surface area (Å²) in [7, 11) is -1.66. The normalized spacial score (nSPS) is 25.9. The summed E-state index contributed by atoms with van der Waals surface area (Å²) >= 11 is 0. The summed E-state index contributed by atoms with van der Waals surface area (Å²) in [6, 6.07) is 0. The molecule has 4 nitrogen and oxygen atoms in total. The topological polar surface area (TPSA) is 58.0 Å². The van der Waals surface area contributed by atoms with Gasteiger partial charge in [0.15, 0.2) is 8.32 Å². The SMILES string of the molecule is CC(O[Si](C)(C)C(C)(C)C)C1CCC(CN=[N+]=[N-])CC1. The number of rotatable bonds is 5. The van der Waals surface area contributed by atoms with Gasteiger partial charge in [-0.1, -0.05) is 25.9 Å². The lowest BCUT2D eigenvalue weighted by Crippen LogP contribution is -2.45. The second-order valence-electron chi connectivity index (χ2n) is 7.78. The van der Waals surface area contributed by atoms with Crippen LogP contribution in [0.2, 0.25) is 18.1 Å². The van der Waals surface area contributed by atoms with Gasteiger partial charge < -0.3 is 4.43 Å². The fourth-order valence-corrected chi connectivity index (χ4v) is 4.21. The van der Waals surface area contributed by atoms with E-state index in [-0.39, 0.29) is 5.04 Å². The minimum atomic E-state index is -1.66. The molecule has 0 heterocycles. The van der Waals surface area contributed by atoms with Gasteiger partial charge in [-0.15, -0.1) is 0 Å². The monoisotopic (exact) mass is 297 g/mol. The third-order valence-corrected chi connectivity index (χ3v) is 9.82. The number of nitrogens with zero attached hydrogens (tertiary/aromatic N) is 3. The molecule has 5 heteroatoms. The first-order valence-corrected chi connectivity index (χ1v) is 10.8. The van der Waals surface area contributed by atoms with Gasteiger partial charge in [-0.25, -0.2) is 0 Å². The second kappa shape index (κ2) is 6.97. The van der Waals surface area contributed by atoms with Crippen LogP contribution >= 0.6 is 0 Å². The van der Waals surface area contributed by atoms with Gasteiger partial charge >= 0.3 is 0 Å². The summed E-state index contributed by atoms with van der Waals surface area (Å²) in [4.78, 5) is 2.87. The maximum atomic E-state index is 8.38. The van der Waals surface area contributed by atoms with Crippen LogP contribution in [0.25, 0.3) is 10.4 Å². The van der Waals surface area contributed by atoms with Gasteiger partial charge in [0.25, 0.3) is 0 Å². The number of hydrogen-bond acceptors (Lipinski definition) is 2. The summed E-state index contributed by atoms with van der Waals surface area (Å²) in [5.74, 6) is 1.26. The highest BCUT2D eigenvalue weighted by Gasteiger charge is 2.40. The molecule has 1 rings (SSSR count). The Morgan fingerprint density at radius 3 is 2.25 bits per heavy atom. The maximum absolute atomic E-state index is 8.38. The first-order chi connectivity index (χ1) is 9.17. The third-order valence-electron chi connectivity index (χ3n) is 5.25. The standard InChI is InChI=1S/C15H31N3OSi/c1-12(19-20(5,6)15(2,3)4)14-9-7-13(8-10-14)11-17-18-16/h12-14H,7-11H2,1-6H3. The van der Waals surface area contributed by atoms with Crippen molar-refractivity contribution in [2.75, 3.05) is 6.54 Å². The van der Waals surface area contributed by atoms with E-state index in [2.05, 4.69) is 50.8 Å². The molecule has 1 fully saturated rings. The lowest BCUT2D eigenvalue weighted by molar-refractivity contribution is 0.0974. The fourth-order valence-electron chi connectivity index (χ4n) is 2.73. The summed E-state index contributed by atoms with van der Waals surface area (Å²) < 4.78 is 6.52. The number of hydrogen-bond donors (Lipinski definition) is 0. The molecular formula is C15H31N3OSi. The predicted octanol–water partition coefficient (Wildman–Crippen LogP) is 5.51. The molecule has 0 radical (unpaired) electrons. The third kappa shape index (κ3) is 4.79. The second-order valence-corrected chi connectivity index (χ2v) is 12.5. The van der Waals surface area contributed by atoms with E-state index in [0.29, 0.717) is 24.5 Å². The van der Waals surface area contributed by atoms with Crippen molar-refractivity contribution in [2.45, 2.75) is 77.6 Å². The fraction of sp³-hybridized carbons (Fsp3) is 1.00. The molecule has 0 N–H and O–H groups in total. The minimum Gasteiger partial charge on any atom is -0.414 e. The summed E-state index contributed by atoms with van der Waals surface area (Å²) in [5.41, 5.74) is 8.38. The van der Waals surface area contributed by atoms with Crippen LogP contribution in [0.5, 0.6) is 0 Å². The highest BCUT2D eigenvalue weighted by Crippen LogP contribution is 2.40. The lowest BCUT2D eigenvalue weighted by atomic mass is 9.80. The quantitative estimate of drug-likeness (QED) is 0.285. The van der Waals surface area contributed by atoms with E-state index in [1.807, 2.05) is 0 Å². The van der Waals surface area contributed by atoms with Crippen molar-refractivity contribution in [3.63, 3.8) is 0 Å². The van der Waals surface area contributed by atoms with Crippen LogP contribution in [-0.2, 0) is 4.43 Å². The van der Waals surface area contributed by atoms with Gasteiger partial charge in [-0.2, -0.15) is 0 Å². The maximum Gasteiger partial charge on any atom is 0.192 e. The Morgan fingerprint density at radius 2 is 1.80 bits per heavy atom. The number of azide groups is 1. The van der Waals surface area contributed by atoms with Gasteiger partial charge in [-0.3, -0.25) is 0 Å². The zero-order chi connectivity index (χ0) is 15.4. The van der Waals surface area contributed by atoms with E-state index in [1.54, 1.807) is 0 Å². The molecule has 1 aliphatic carbocycles. The molecular weight excluding hydrogens is 266 g/mol. The van der Waals surface area contributed by atoms with E-state index in [4.69, 9.17) is 9.96 Å². The van der Waals surface area contributed by atoms with Gasteiger partial charge in [-0.05, 0) is 68.1 Å². The van der Waals surface area contributed by atoms with Crippen LogP contribution in [0.1, 0.15) is 53.4 Å². The van der Waals surface area contributed by atoms with E-state index in [9.17, 15) is 0 Å². The first kappa shape index (κ1) is 17.5. The van der Waals surface area contributed by atoms with Crippen LogP contribution in [0, 0.1) is 11.8 Å².